The number of carbonyl (C=O) groups is 2. The molecule has 1 heterocycles. The van der Waals surface area contributed by atoms with Crippen molar-refractivity contribution in [3.05, 3.63) is 69.3 Å². The van der Waals surface area contributed by atoms with Crippen LogP contribution in [0.1, 0.15) is 23.1 Å². The average molecular weight is 367 g/mol. The summed E-state index contributed by atoms with van der Waals surface area (Å²) in [7, 11) is 0. The maximum Gasteiger partial charge on any atom is 0.269 e. The van der Waals surface area contributed by atoms with Crippen molar-refractivity contribution < 1.29 is 14.5 Å². The third-order valence-electron chi connectivity index (χ3n) is 4.80. The number of nitrogens with zero attached hydrogens (tertiary/aromatic N) is 2. The highest BCUT2D eigenvalue weighted by molar-refractivity contribution is 5.97. The standard InChI is InChI=1S/C20H21N3O4/c1-13-3-6-18(9-14(13)2)22-12-16(11-20(22)25)21-19(24)10-15-4-7-17(8-5-15)23(26)27/h3-9,16H,10-12H2,1-2H3,(H,21,24)/t16-/m1/s1. The molecule has 0 unspecified atom stereocenters. The Morgan fingerprint density at radius 2 is 1.89 bits per heavy atom. The number of nitro benzene ring substituents is 1. The van der Waals surface area contributed by atoms with E-state index >= 15 is 0 Å². The van der Waals surface area contributed by atoms with Crippen LogP contribution >= 0.6 is 0 Å². The molecule has 0 radical (unpaired) electrons. The minimum Gasteiger partial charge on any atom is -0.351 e. The van der Waals surface area contributed by atoms with Gasteiger partial charge < -0.3 is 10.2 Å². The molecule has 7 heteroatoms. The highest BCUT2D eigenvalue weighted by Gasteiger charge is 2.31. The van der Waals surface area contributed by atoms with E-state index in [9.17, 15) is 19.7 Å². The smallest absolute Gasteiger partial charge is 0.269 e. The number of rotatable bonds is 5. The molecule has 2 amide bonds. The second kappa shape index (κ2) is 7.57. The molecule has 27 heavy (non-hydrogen) atoms. The van der Waals surface area contributed by atoms with Gasteiger partial charge in [0.15, 0.2) is 0 Å². The van der Waals surface area contributed by atoms with Crippen LogP contribution in [0.15, 0.2) is 42.5 Å². The Hall–Kier alpha value is -3.22. The lowest BCUT2D eigenvalue weighted by atomic mass is 10.1. The van der Waals surface area contributed by atoms with E-state index in [1.807, 2.05) is 32.0 Å². The van der Waals surface area contributed by atoms with Gasteiger partial charge in [-0.15, -0.1) is 0 Å². The summed E-state index contributed by atoms with van der Waals surface area (Å²) in [5.41, 5.74) is 3.80. The van der Waals surface area contributed by atoms with Gasteiger partial charge in [0.25, 0.3) is 5.69 Å². The molecule has 1 N–H and O–H groups in total. The molecule has 0 spiro atoms. The fourth-order valence-corrected chi connectivity index (χ4v) is 3.15. The van der Waals surface area contributed by atoms with Crippen molar-refractivity contribution in [2.24, 2.45) is 0 Å². The van der Waals surface area contributed by atoms with Crippen molar-refractivity contribution >= 4 is 23.2 Å². The van der Waals surface area contributed by atoms with Crippen molar-refractivity contribution in [2.75, 3.05) is 11.4 Å². The number of nitrogens with one attached hydrogen (secondary N) is 1. The van der Waals surface area contributed by atoms with E-state index in [2.05, 4.69) is 5.32 Å². The summed E-state index contributed by atoms with van der Waals surface area (Å²) in [4.78, 5) is 36.5. The van der Waals surface area contributed by atoms with E-state index in [0.717, 1.165) is 11.3 Å². The highest BCUT2D eigenvalue weighted by Crippen LogP contribution is 2.24. The normalized spacial score (nSPS) is 16.4. The summed E-state index contributed by atoms with van der Waals surface area (Å²) in [5.74, 6) is -0.220. The third-order valence-corrected chi connectivity index (χ3v) is 4.80. The molecule has 1 fully saturated rings. The lowest BCUT2D eigenvalue weighted by Gasteiger charge is -2.18. The predicted octanol–water partition coefficient (Wildman–Crippen LogP) is 2.68. The van der Waals surface area contributed by atoms with Crippen LogP contribution < -0.4 is 10.2 Å². The molecule has 0 bridgehead atoms. The Balaban J connectivity index is 1.59. The van der Waals surface area contributed by atoms with Gasteiger partial charge in [-0.1, -0.05) is 18.2 Å². The topological polar surface area (TPSA) is 92.6 Å². The summed E-state index contributed by atoms with van der Waals surface area (Å²) < 4.78 is 0. The molecular formula is C20H21N3O4. The van der Waals surface area contributed by atoms with Gasteiger partial charge >= 0.3 is 0 Å². The van der Waals surface area contributed by atoms with Crippen LogP contribution in [0.25, 0.3) is 0 Å². The number of hydrogen-bond acceptors (Lipinski definition) is 4. The second-order valence-corrected chi connectivity index (χ2v) is 6.84. The zero-order valence-electron chi connectivity index (χ0n) is 15.3. The van der Waals surface area contributed by atoms with Crippen LogP contribution in [0, 0.1) is 24.0 Å². The van der Waals surface area contributed by atoms with E-state index in [1.165, 1.54) is 17.7 Å². The van der Waals surface area contributed by atoms with Gasteiger partial charge in [0.1, 0.15) is 0 Å². The van der Waals surface area contributed by atoms with Crippen molar-refractivity contribution in [1.29, 1.82) is 0 Å². The number of aryl methyl sites for hydroxylation is 2. The Morgan fingerprint density at radius 3 is 2.52 bits per heavy atom. The quantitative estimate of drug-likeness (QED) is 0.649. The van der Waals surface area contributed by atoms with Crippen LogP contribution in [-0.2, 0) is 16.0 Å². The van der Waals surface area contributed by atoms with Gasteiger partial charge in [0.2, 0.25) is 11.8 Å². The molecule has 0 aromatic heterocycles. The van der Waals surface area contributed by atoms with E-state index in [4.69, 9.17) is 0 Å². The maximum absolute atomic E-state index is 12.3. The Bertz CT molecular complexity index is 893. The first-order valence-electron chi connectivity index (χ1n) is 8.74. The monoisotopic (exact) mass is 367 g/mol. The third kappa shape index (κ3) is 4.31. The van der Waals surface area contributed by atoms with Crippen LogP contribution in [0.2, 0.25) is 0 Å². The largest absolute Gasteiger partial charge is 0.351 e. The van der Waals surface area contributed by atoms with Crippen molar-refractivity contribution in [1.82, 2.24) is 5.32 Å². The number of carbonyl (C=O) groups excluding carboxylic acids is 2. The van der Waals surface area contributed by atoms with Crippen LogP contribution in [0.4, 0.5) is 11.4 Å². The van der Waals surface area contributed by atoms with Gasteiger partial charge in [0.05, 0.1) is 17.4 Å². The lowest BCUT2D eigenvalue weighted by molar-refractivity contribution is -0.384. The fourth-order valence-electron chi connectivity index (χ4n) is 3.15. The number of hydrogen-bond donors (Lipinski definition) is 1. The van der Waals surface area contributed by atoms with Crippen LogP contribution in [0.3, 0.4) is 0 Å². The van der Waals surface area contributed by atoms with Crippen molar-refractivity contribution in [3.8, 4) is 0 Å². The molecule has 1 aliphatic heterocycles. The first-order chi connectivity index (χ1) is 12.8. The Morgan fingerprint density at radius 1 is 1.19 bits per heavy atom. The zero-order valence-corrected chi connectivity index (χ0v) is 15.3. The predicted molar refractivity (Wildman–Crippen MR) is 102 cm³/mol. The van der Waals surface area contributed by atoms with Gasteiger partial charge in [-0.2, -0.15) is 0 Å². The Kier molecular flexibility index (Phi) is 5.21. The van der Waals surface area contributed by atoms with Crippen LogP contribution in [-0.4, -0.2) is 29.3 Å². The number of benzene rings is 2. The van der Waals surface area contributed by atoms with Gasteiger partial charge in [-0.25, -0.2) is 0 Å². The SMILES string of the molecule is Cc1ccc(N2C[C@H](NC(=O)Cc3ccc([N+](=O)[O-])cc3)CC2=O)cc1C. The number of anilines is 1. The molecule has 1 atom stereocenters. The van der Waals surface area contributed by atoms with Crippen LogP contribution in [0.5, 0.6) is 0 Å². The zero-order chi connectivity index (χ0) is 19.6. The highest BCUT2D eigenvalue weighted by atomic mass is 16.6. The maximum atomic E-state index is 12.3. The molecule has 2 aromatic carbocycles. The molecule has 0 saturated carbocycles. The second-order valence-electron chi connectivity index (χ2n) is 6.84. The van der Waals surface area contributed by atoms with Crippen molar-refractivity contribution in [3.63, 3.8) is 0 Å². The van der Waals surface area contributed by atoms with E-state index in [1.54, 1.807) is 17.0 Å². The summed E-state index contributed by atoms with van der Waals surface area (Å²) in [6, 6.07) is 11.5. The molecule has 2 aromatic rings. The molecule has 7 nitrogen and oxygen atoms in total. The Labute approximate surface area is 157 Å². The first-order valence-corrected chi connectivity index (χ1v) is 8.74. The summed E-state index contributed by atoms with van der Waals surface area (Å²) in [6.07, 6.45) is 0.380. The van der Waals surface area contributed by atoms with E-state index in [-0.39, 0.29) is 36.4 Å². The molecular weight excluding hydrogens is 346 g/mol. The molecule has 3 rings (SSSR count). The number of non-ortho nitro benzene ring substituents is 1. The minimum absolute atomic E-state index is 0.00965. The van der Waals surface area contributed by atoms with E-state index in [0.29, 0.717) is 12.1 Å². The molecule has 1 aliphatic rings. The molecule has 0 aliphatic carbocycles. The molecule has 1 saturated heterocycles. The first kappa shape index (κ1) is 18.6. The van der Waals surface area contributed by atoms with Gasteiger partial charge in [-0.05, 0) is 42.7 Å². The summed E-state index contributed by atoms with van der Waals surface area (Å²) in [5, 5.41) is 13.6. The van der Waals surface area contributed by atoms with Gasteiger partial charge in [-0.3, -0.25) is 19.7 Å². The van der Waals surface area contributed by atoms with Gasteiger partial charge in [0, 0.05) is 30.8 Å². The minimum atomic E-state index is -0.477. The molecule has 140 valence electrons. The number of nitro groups is 1. The fraction of sp³-hybridized carbons (Fsp3) is 0.300. The summed E-state index contributed by atoms with van der Waals surface area (Å²) in [6.45, 7) is 4.46. The van der Waals surface area contributed by atoms with Crippen molar-refractivity contribution in [2.45, 2.75) is 32.7 Å². The number of amides is 2. The average Bonchev–Trinajstić information content (AvgIpc) is 2.97. The summed E-state index contributed by atoms with van der Waals surface area (Å²) >= 11 is 0. The lowest BCUT2D eigenvalue weighted by Crippen LogP contribution is -2.38. The van der Waals surface area contributed by atoms with E-state index < -0.39 is 4.92 Å².